The molecule has 0 aromatic carbocycles. The Morgan fingerprint density at radius 3 is 1.15 bits per heavy atom. The molecule has 0 aliphatic rings. The molecule has 0 radical (unpaired) electrons. The first-order chi connectivity index (χ1) is 12.2. The Kier molecular flexibility index (Phi) is 6.63. The zero-order valence-electron chi connectivity index (χ0n) is 17.6. The fourth-order valence-corrected chi connectivity index (χ4v) is 3.83. The van der Waals surface area contributed by atoms with Gasteiger partial charge in [-0.2, -0.15) is 0 Å². The van der Waals surface area contributed by atoms with Crippen LogP contribution in [0.4, 0.5) is 11.4 Å². The highest BCUT2D eigenvalue weighted by molar-refractivity contribution is 5.66. The Bertz CT molecular complexity index is 629. The molecule has 26 heavy (non-hydrogen) atoms. The van der Waals surface area contributed by atoms with Crippen molar-refractivity contribution in [1.29, 1.82) is 0 Å². The van der Waals surface area contributed by atoms with Gasteiger partial charge in [0.2, 0.25) is 0 Å². The monoisotopic (exact) mass is 354 g/mol. The molecule has 0 atom stereocenters. The Morgan fingerprint density at radius 2 is 0.885 bits per heavy atom. The lowest BCUT2D eigenvalue weighted by Crippen LogP contribution is -2.37. The zero-order valence-corrected chi connectivity index (χ0v) is 17.6. The van der Waals surface area contributed by atoms with Crippen LogP contribution in [-0.4, -0.2) is 34.1 Å². The first-order valence-corrected chi connectivity index (χ1v) is 9.71. The fraction of sp³-hybridized carbons (Fsp3) is 0.545. The Balaban J connectivity index is 2.44. The van der Waals surface area contributed by atoms with Crippen molar-refractivity contribution in [3.8, 4) is 11.4 Å². The molecular weight excluding hydrogens is 320 g/mol. The highest BCUT2D eigenvalue weighted by atomic mass is 15.2. The van der Waals surface area contributed by atoms with Gasteiger partial charge in [0.1, 0.15) is 0 Å². The van der Waals surface area contributed by atoms with Crippen molar-refractivity contribution in [2.24, 2.45) is 0 Å². The molecule has 0 bridgehead atoms. The minimum absolute atomic E-state index is 0.432. The van der Waals surface area contributed by atoms with Gasteiger partial charge in [-0.25, -0.2) is 0 Å². The van der Waals surface area contributed by atoms with Gasteiger partial charge in [-0.1, -0.05) is 0 Å². The summed E-state index contributed by atoms with van der Waals surface area (Å²) in [5.41, 5.74) is 4.22. The molecule has 0 saturated heterocycles. The lowest BCUT2D eigenvalue weighted by Gasteiger charge is -2.33. The molecule has 0 aliphatic carbocycles. The summed E-state index contributed by atoms with van der Waals surface area (Å²) in [6, 6.07) is 10.2. The van der Waals surface area contributed by atoms with E-state index in [0.29, 0.717) is 24.2 Å². The summed E-state index contributed by atoms with van der Waals surface area (Å²) in [7, 11) is 0. The van der Waals surface area contributed by atoms with Gasteiger partial charge in [0.05, 0.1) is 11.4 Å². The van der Waals surface area contributed by atoms with Crippen LogP contribution >= 0.6 is 0 Å². The van der Waals surface area contributed by atoms with E-state index in [-0.39, 0.29) is 0 Å². The van der Waals surface area contributed by atoms with Crippen LogP contribution in [0, 0.1) is 0 Å². The molecule has 0 amide bonds. The van der Waals surface area contributed by atoms with Crippen molar-refractivity contribution in [3.63, 3.8) is 0 Å². The Morgan fingerprint density at radius 1 is 0.577 bits per heavy atom. The predicted molar refractivity (Wildman–Crippen MR) is 113 cm³/mol. The molecule has 2 aromatic heterocycles. The van der Waals surface area contributed by atoms with Gasteiger partial charge in [-0.15, -0.1) is 0 Å². The Labute approximate surface area is 159 Å². The van der Waals surface area contributed by atoms with Crippen molar-refractivity contribution in [3.05, 3.63) is 36.7 Å². The lowest BCUT2D eigenvalue weighted by molar-refractivity contribution is 0.607. The molecule has 2 heterocycles. The first kappa shape index (κ1) is 20.2. The van der Waals surface area contributed by atoms with Gasteiger partial charge in [0, 0.05) is 47.9 Å². The smallest absolute Gasteiger partial charge is 0.0907 e. The third kappa shape index (κ3) is 4.54. The highest BCUT2D eigenvalue weighted by Gasteiger charge is 2.17. The van der Waals surface area contributed by atoms with Gasteiger partial charge in [-0.3, -0.25) is 9.97 Å². The number of rotatable bonds is 7. The second kappa shape index (κ2) is 8.52. The van der Waals surface area contributed by atoms with Crippen molar-refractivity contribution >= 4 is 11.4 Å². The molecule has 0 spiro atoms. The van der Waals surface area contributed by atoms with E-state index in [1.807, 2.05) is 12.4 Å². The maximum absolute atomic E-state index is 4.59. The summed E-state index contributed by atoms with van der Waals surface area (Å²) in [4.78, 5) is 14.0. The molecule has 0 unspecified atom stereocenters. The molecule has 4 heteroatoms. The SMILES string of the molecule is CC(C)N(c1ccnc(-c2cc(N(C(C)C)C(C)C)ccn2)c1)C(C)C. The summed E-state index contributed by atoms with van der Waals surface area (Å²) in [6.45, 7) is 17.8. The molecule has 0 saturated carbocycles. The van der Waals surface area contributed by atoms with E-state index in [1.165, 1.54) is 11.4 Å². The van der Waals surface area contributed by atoms with E-state index >= 15 is 0 Å². The van der Waals surface area contributed by atoms with Gasteiger partial charge >= 0.3 is 0 Å². The molecule has 4 nitrogen and oxygen atoms in total. The van der Waals surface area contributed by atoms with E-state index in [2.05, 4.69) is 99.4 Å². The van der Waals surface area contributed by atoms with Crippen molar-refractivity contribution in [1.82, 2.24) is 9.97 Å². The van der Waals surface area contributed by atoms with Crippen molar-refractivity contribution in [2.75, 3.05) is 9.80 Å². The minimum atomic E-state index is 0.432. The molecule has 0 fully saturated rings. The quantitative estimate of drug-likeness (QED) is 0.667. The summed E-state index contributed by atoms with van der Waals surface area (Å²) in [5, 5.41) is 0. The topological polar surface area (TPSA) is 32.3 Å². The average Bonchev–Trinajstić information content (AvgIpc) is 2.54. The van der Waals surface area contributed by atoms with Gasteiger partial charge in [-0.05, 0) is 79.7 Å². The second-order valence-electron chi connectivity index (χ2n) is 7.99. The molecule has 0 N–H and O–H groups in total. The average molecular weight is 355 g/mol. The number of nitrogens with zero attached hydrogens (tertiary/aromatic N) is 4. The van der Waals surface area contributed by atoms with Crippen LogP contribution in [0.3, 0.4) is 0 Å². The molecule has 0 aliphatic heterocycles. The molecule has 2 aromatic rings. The predicted octanol–water partition coefficient (Wildman–Crippen LogP) is 5.39. The van der Waals surface area contributed by atoms with Crippen LogP contribution in [-0.2, 0) is 0 Å². The van der Waals surface area contributed by atoms with Crippen LogP contribution in [0.1, 0.15) is 55.4 Å². The summed E-state index contributed by atoms with van der Waals surface area (Å²) in [5.74, 6) is 0. The third-order valence-electron chi connectivity index (χ3n) is 4.57. The maximum atomic E-state index is 4.59. The zero-order chi connectivity index (χ0) is 19.4. The number of hydrogen-bond donors (Lipinski definition) is 0. The lowest BCUT2D eigenvalue weighted by atomic mass is 10.1. The van der Waals surface area contributed by atoms with Crippen LogP contribution < -0.4 is 9.80 Å². The van der Waals surface area contributed by atoms with Crippen molar-refractivity contribution < 1.29 is 0 Å². The highest BCUT2D eigenvalue weighted by Crippen LogP contribution is 2.28. The van der Waals surface area contributed by atoms with E-state index in [1.54, 1.807) is 0 Å². The molecule has 142 valence electrons. The molecular formula is C22H34N4. The van der Waals surface area contributed by atoms with Crippen LogP contribution in [0.15, 0.2) is 36.7 Å². The minimum Gasteiger partial charge on any atom is -0.367 e. The van der Waals surface area contributed by atoms with Crippen LogP contribution in [0.25, 0.3) is 11.4 Å². The summed E-state index contributed by atoms with van der Waals surface area (Å²) in [6.07, 6.45) is 3.78. The van der Waals surface area contributed by atoms with Crippen LogP contribution in [0.5, 0.6) is 0 Å². The first-order valence-electron chi connectivity index (χ1n) is 9.71. The standard InChI is InChI=1S/C22H34N4/c1-15(2)25(16(3)4)19-9-11-23-21(13-19)22-14-20(10-12-24-22)26(17(5)6)18(7)8/h9-18H,1-8H3. The molecule has 2 rings (SSSR count). The number of anilines is 2. The fourth-order valence-electron chi connectivity index (χ4n) is 3.83. The van der Waals surface area contributed by atoms with E-state index in [0.717, 1.165) is 11.4 Å². The number of hydrogen-bond acceptors (Lipinski definition) is 4. The van der Waals surface area contributed by atoms with Crippen molar-refractivity contribution in [2.45, 2.75) is 79.6 Å². The second-order valence-corrected chi connectivity index (χ2v) is 7.99. The van der Waals surface area contributed by atoms with Gasteiger partial charge < -0.3 is 9.80 Å². The summed E-state index contributed by atoms with van der Waals surface area (Å²) >= 11 is 0. The van der Waals surface area contributed by atoms with Gasteiger partial charge in [0.15, 0.2) is 0 Å². The van der Waals surface area contributed by atoms with Crippen LogP contribution in [0.2, 0.25) is 0 Å². The number of pyridine rings is 2. The maximum Gasteiger partial charge on any atom is 0.0907 e. The number of aromatic nitrogens is 2. The van der Waals surface area contributed by atoms with E-state index in [9.17, 15) is 0 Å². The largest absolute Gasteiger partial charge is 0.367 e. The third-order valence-corrected chi connectivity index (χ3v) is 4.57. The van der Waals surface area contributed by atoms with Gasteiger partial charge in [0.25, 0.3) is 0 Å². The normalized spacial score (nSPS) is 11.7. The summed E-state index contributed by atoms with van der Waals surface area (Å²) < 4.78 is 0. The van der Waals surface area contributed by atoms with E-state index in [4.69, 9.17) is 0 Å². The Hall–Kier alpha value is -2.10. The van der Waals surface area contributed by atoms with E-state index < -0.39 is 0 Å².